The highest BCUT2D eigenvalue weighted by atomic mass is 35.5. The fourth-order valence-corrected chi connectivity index (χ4v) is 3.79. The molecule has 0 unspecified atom stereocenters. The molecular formula is C25H28ClF4N3O5. The van der Waals surface area contributed by atoms with Crippen LogP contribution in [0.5, 0.6) is 0 Å². The minimum Gasteiger partial charge on any atom is -0.481 e. The van der Waals surface area contributed by atoms with Crippen LogP contribution in [0.25, 0.3) is 0 Å². The highest BCUT2D eigenvalue weighted by Crippen LogP contribution is 2.31. The Kier molecular flexibility index (Phi) is 11.3. The molecule has 1 aliphatic rings. The van der Waals surface area contributed by atoms with Gasteiger partial charge in [-0.25, -0.2) is 4.39 Å². The molecular weight excluding hydrogens is 534 g/mol. The van der Waals surface area contributed by atoms with Gasteiger partial charge in [0.1, 0.15) is 11.9 Å². The number of aliphatic carboxylic acids is 2. The molecule has 5 N–H and O–H groups in total. The molecule has 0 radical (unpaired) electrons. The predicted octanol–water partition coefficient (Wildman–Crippen LogP) is 4.40. The molecule has 3 rings (SSSR count). The van der Waals surface area contributed by atoms with Gasteiger partial charge in [-0.05, 0) is 67.7 Å². The van der Waals surface area contributed by atoms with E-state index < -0.39 is 41.4 Å². The van der Waals surface area contributed by atoms with Crippen molar-refractivity contribution in [1.29, 1.82) is 0 Å². The normalized spacial score (nSPS) is 13.7. The molecule has 1 heterocycles. The van der Waals surface area contributed by atoms with Crippen LogP contribution in [0.3, 0.4) is 0 Å². The van der Waals surface area contributed by atoms with Gasteiger partial charge >= 0.3 is 18.1 Å². The quantitative estimate of drug-likeness (QED) is 0.302. The highest BCUT2D eigenvalue weighted by Gasteiger charge is 2.37. The summed E-state index contributed by atoms with van der Waals surface area (Å²) in [7, 11) is 0. The van der Waals surface area contributed by atoms with E-state index in [1.54, 1.807) is 5.32 Å². The number of alkyl halides is 3. The second-order valence-corrected chi connectivity index (χ2v) is 8.91. The van der Waals surface area contributed by atoms with E-state index in [-0.39, 0.29) is 19.4 Å². The van der Waals surface area contributed by atoms with Crippen molar-refractivity contribution in [1.82, 2.24) is 10.6 Å². The van der Waals surface area contributed by atoms with Crippen LogP contribution in [0.15, 0.2) is 30.3 Å². The number of hydrogen-bond acceptors (Lipinski definition) is 5. The number of rotatable bonds is 8. The second-order valence-electron chi connectivity index (χ2n) is 8.50. The Balaban J connectivity index is 0.000000550. The number of anilines is 1. The van der Waals surface area contributed by atoms with E-state index in [0.29, 0.717) is 10.6 Å². The summed E-state index contributed by atoms with van der Waals surface area (Å²) in [6.45, 7) is 2.77. The molecule has 1 aliphatic heterocycles. The molecule has 2 aromatic carbocycles. The average Bonchev–Trinajstić information content (AvgIpc) is 3.07. The molecule has 38 heavy (non-hydrogen) atoms. The number of halogens is 5. The third-order valence-corrected chi connectivity index (χ3v) is 5.94. The lowest BCUT2D eigenvalue weighted by atomic mass is 10.0. The van der Waals surface area contributed by atoms with Gasteiger partial charge in [0.25, 0.3) is 5.91 Å². The maximum Gasteiger partial charge on any atom is 0.408 e. The Morgan fingerprint density at radius 2 is 1.68 bits per heavy atom. The molecule has 0 bridgehead atoms. The number of nitrogens with one attached hydrogen (secondary N) is 3. The van der Waals surface area contributed by atoms with Gasteiger partial charge < -0.3 is 26.2 Å². The second kappa shape index (κ2) is 14.0. The number of carbonyl (C=O) groups excluding carboxylic acids is 1. The maximum absolute atomic E-state index is 14.4. The van der Waals surface area contributed by atoms with Crippen molar-refractivity contribution in [2.24, 2.45) is 0 Å². The molecule has 0 saturated carbocycles. The highest BCUT2D eigenvalue weighted by molar-refractivity contribution is 6.33. The SMILES string of the molecule is C[C@@H](NC(=O)c1ccc(CNc2c(Cl)ccc3c2CCNCC3)cc1F)C(F)(F)F.O=C(O)CCC(=O)O. The van der Waals surface area contributed by atoms with Crippen LogP contribution in [0.4, 0.5) is 23.2 Å². The van der Waals surface area contributed by atoms with Crippen LogP contribution in [0.1, 0.15) is 46.8 Å². The first kappa shape index (κ1) is 30.8. The average molecular weight is 562 g/mol. The van der Waals surface area contributed by atoms with Gasteiger partial charge in [-0.2, -0.15) is 13.2 Å². The Hall–Kier alpha value is -3.38. The van der Waals surface area contributed by atoms with Gasteiger partial charge in [-0.15, -0.1) is 0 Å². The standard InChI is InChI=1S/C21H22ClF4N3O.C4H6O4/c1-12(21(24,25)26)29-20(30)16-4-2-13(10-18(16)23)11-28-19-15-7-9-27-8-6-14(15)3-5-17(19)22;5-3(6)1-2-4(7)8/h2-5,10,12,27-28H,6-9,11H2,1H3,(H,29,30);1-2H2,(H,5,6)(H,7,8)/t12-;/m1./s1. The maximum atomic E-state index is 14.4. The van der Waals surface area contributed by atoms with E-state index in [4.69, 9.17) is 21.8 Å². The lowest BCUT2D eigenvalue weighted by Crippen LogP contribution is -2.43. The van der Waals surface area contributed by atoms with E-state index in [1.807, 2.05) is 12.1 Å². The zero-order valence-corrected chi connectivity index (χ0v) is 21.2. The van der Waals surface area contributed by atoms with Crippen molar-refractivity contribution in [3.05, 3.63) is 63.4 Å². The third kappa shape index (κ3) is 9.49. The Labute approximate surface area is 221 Å². The molecule has 0 aromatic heterocycles. The van der Waals surface area contributed by atoms with Gasteiger partial charge in [-0.1, -0.05) is 23.7 Å². The predicted molar refractivity (Wildman–Crippen MR) is 133 cm³/mol. The first-order valence-electron chi connectivity index (χ1n) is 11.6. The third-order valence-electron chi connectivity index (χ3n) is 5.62. The van der Waals surface area contributed by atoms with Gasteiger partial charge in [0.05, 0.1) is 29.1 Å². The van der Waals surface area contributed by atoms with Gasteiger partial charge in [0.2, 0.25) is 0 Å². The van der Waals surface area contributed by atoms with E-state index >= 15 is 0 Å². The van der Waals surface area contributed by atoms with E-state index in [2.05, 4.69) is 10.6 Å². The zero-order valence-electron chi connectivity index (χ0n) is 20.4. The summed E-state index contributed by atoms with van der Waals surface area (Å²) in [6.07, 6.45) is -3.50. The van der Waals surface area contributed by atoms with Gasteiger partial charge in [0, 0.05) is 6.54 Å². The van der Waals surface area contributed by atoms with Crippen LogP contribution < -0.4 is 16.0 Å². The van der Waals surface area contributed by atoms with Crippen LogP contribution >= 0.6 is 11.6 Å². The summed E-state index contributed by atoms with van der Waals surface area (Å²) in [5, 5.41) is 24.7. The van der Waals surface area contributed by atoms with E-state index in [0.717, 1.165) is 50.2 Å². The Morgan fingerprint density at radius 1 is 1.05 bits per heavy atom. The molecule has 0 saturated heterocycles. The van der Waals surface area contributed by atoms with Crippen molar-refractivity contribution >= 4 is 35.1 Å². The number of carbonyl (C=O) groups is 3. The van der Waals surface area contributed by atoms with Gasteiger partial charge in [-0.3, -0.25) is 14.4 Å². The molecule has 1 amide bonds. The Morgan fingerprint density at radius 3 is 2.26 bits per heavy atom. The summed E-state index contributed by atoms with van der Waals surface area (Å²) in [5.41, 5.74) is 3.20. The molecule has 2 aromatic rings. The lowest BCUT2D eigenvalue weighted by molar-refractivity contribution is -0.149. The van der Waals surface area contributed by atoms with E-state index in [1.165, 1.54) is 17.7 Å². The van der Waals surface area contributed by atoms with E-state index in [9.17, 15) is 31.9 Å². The Bertz CT molecular complexity index is 1150. The smallest absolute Gasteiger partial charge is 0.408 e. The summed E-state index contributed by atoms with van der Waals surface area (Å²) in [4.78, 5) is 31.2. The molecule has 13 heteroatoms. The summed E-state index contributed by atoms with van der Waals surface area (Å²) in [6, 6.07) is 5.57. The molecule has 8 nitrogen and oxygen atoms in total. The van der Waals surface area contributed by atoms with Crippen LogP contribution in [0.2, 0.25) is 5.02 Å². The van der Waals surface area contributed by atoms with Crippen molar-refractivity contribution in [2.75, 3.05) is 18.4 Å². The molecule has 0 spiro atoms. The van der Waals surface area contributed by atoms with Crippen molar-refractivity contribution < 1.29 is 42.2 Å². The van der Waals surface area contributed by atoms with Crippen LogP contribution in [-0.2, 0) is 29.0 Å². The first-order chi connectivity index (χ1) is 17.8. The number of carboxylic acids is 2. The number of amides is 1. The summed E-state index contributed by atoms with van der Waals surface area (Å²) < 4.78 is 52.2. The number of benzene rings is 2. The molecule has 208 valence electrons. The minimum atomic E-state index is -4.60. The van der Waals surface area contributed by atoms with Crippen molar-refractivity contribution in [2.45, 2.75) is 51.4 Å². The zero-order chi connectivity index (χ0) is 28.5. The fraction of sp³-hybridized carbons (Fsp3) is 0.400. The number of hydrogen-bond donors (Lipinski definition) is 5. The topological polar surface area (TPSA) is 128 Å². The van der Waals surface area contributed by atoms with Crippen LogP contribution in [-0.4, -0.2) is 53.4 Å². The largest absolute Gasteiger partial charge is 0.481 e. The van der Waals surface area contributed by atoms with Crippen molar-refractivity contribution in [3.63, 3.8) is 0 Å². The molecule has 1 atom stereocenters. The number of carboxylic acid groups (broad SMARTS) is 2. The monoisotopic (exact) mass is 561 g/mol. The van der Waals surface area contributed by atoms with Gasteiger partial charge in [0.15, 0.2) is 0 Å². The fourth-order valence-electron chi connectivity index (χ4n) is 3.55. The molecule has 0 fully saturated rings. The summed E-state index contributed by atoms with van der Waals surface area (Å²) in [5.74, 6) is -4.15. The minimum absolute atomic E-state index is 0.251. The molecule has 0 aliphatic carbocycles. The van der Waals surface area contributed by atoms with Crippen LogP contribution in [0, 0.1) is 5.82 Å². The summed E-state index contributed by atoms with van der Waals surface area (Å²) >= 11 is 6.36. The lowest BCUT2D eigenvalue weighted by Gasteiger charge is -2.18. The first-order valence-corrected chi connectivity index (χ1v) is 12.0. The van der Waals surface area contributed by atoms with Crippen molar-refractivity contribution in [3.8, 4) is 0 Å². The number of fused-ring (bicyclic) bond motifs is 1.